The van der Waals surface area contributed by atoms with Gasteiger partial charge in [-0.1, -0.05) is 39.3 Å². The molecule has 0 N–H and O–H groups in total. The van der Waals surface area contributed by atoms with Crippen molar-refractivity contribution < 1.29 is 14.0 Å². The summed E-state index contributed by atoms with van der Waals surface area (Å²) in [4.78, 5) is 12.4. The number of rotatable bonds is 5. The Balaban J connectivity index is 1.93. The molecule has 0 spiro atoms. The number of hydrogen-bond donors (Lipinski definition) is 0. The van der Waals surface area contributed by atoms with Gasteiger partial charge in [-0.05, 0) is 55.7 Å². The molecule has 0 aromatic heterocycles. The molecule has 3 heteroatoms. The van der Waals surface area contributed by atoms with Crippen LogP contribution in [0.4, 0.5) is 0 Å². The molecule has 1 unspecified atom stereocenters. The molecule has 0 aliphatic heterocycles. The lowest BCUT2D eigenvalue weighted by atomic mass is 9.87. The lowest BCUT2D eigenvalue weighted by Gasteiger charge is -2.41. The minimum Gasteiger partial charge on any atom is -0.453 e. The number of carbonyl (C=O) groups is 1. The minimum atomic E-state index is -0.211. The summed E-state index contributed by atoms with van der Waals surface area (Å²) in [6, 6.07) is 8.53. The van der Waals surface area contributed by atoms with Crippen LogP contribution in [-0.2, 0) is 10.2 Å². The van der Waals surface area contributed by atoms with Gasteiger partial charge in [0.25, 0.3) is 0 Å². The zero-order valence-electron chi connectivity index (χ0n) is 17.0. The highest BCUT2D eigenvalue weighted by Crippen LogP contribution is 2.26. The van der Waals surface area contributed by atoms with Gasteiger partial charge >= 0.3 is 5.97 Å². The van der Waals surface area contributed by atoms with Crippen LogP contribution in [-0.4, -0.2) is 43.2 Å². The van der Waals surface area contributed by atoms with Crippen LogP contribution in [0.5, 0.6) is 0 Å². The maximum absolute atomic E-state index is 12.4. The summed E-state index contributed by atoms with van der Waals surface area (Å²) in [7, 11) is 4.55. The van der Waals surface area contributed by atoms with Crippen LogP contribution in [0, 0.1) is 0 Å². The Morgan fingerprint density at radius 2 is 1.68 bits per heavy atom. The van der Waals surface area contributed by atoms with Crippen LogP contribution in [0.1, 0.15) is 75.7 Å². The lowest BCUT2D eigenvalue weighted by molar-refractivity contribution is -0.918. The number of ether oxygens (including phenoxy) is 1. The molecule has 1 aliphatic carbocycles. The van der Waals surface area contributed by atoms with Gasteiger partial charge in [0.05, 0.1) is 25.7 Å². The molecule has 0 amide bonds. The second kappa shape index (κ2) is 7.90. The Morgan fingerprint density at radius 1 is 1.12 bits per heavy atom. The van der Waals surface area contributed by atoms with E-state index in [0.717, 1.165) is 11.0 Å². The van der Waals surface area contributed by atoms with Gasteiger partial charge in [0.1, 0.15) is 12.6 Å². The molecule has 3 nitrogen and oxygen atoms in total. The highest BCUT2D eigenvalue weighted by molar-refractivity contribution is 5.89. The van der Waals surface area contributed by atoms with Crippen molar-refractivity contribution in [3.8, 4) is 0 Å². The number of benzene rings is 1. The van der Waals surface area contributed by atoms with E-state index >= 15 is 0 Å². The van der Waals surface area contributed by atoms with Crippen LogP contribution in [0.3, 0.4) is 0 Å². The zero-order chi connectivity index (χ0) is 18.7. The van der Waals surface area contributed by atoms with Crippen molar-refractivity contribution in [3.05, 3.63) is 35.4 Å². The first-order valence-corrected chi connectivity index (χ1v) is 9.74. The van der Waals surface area contributed by atoms with E-state index in [9.17, 15) is 4.79 Å². The van der Waals surface area contributed by atoms with Crippen molar-refractivity contribution in [2.24, 2.45) is 0 Å². The van der Waals surface area contributed by atoms with E-state index in [0.29, 0.717) is 11.6 Å². The summed E-state index contributed by atoms with van der Waals surface area (Å²) < 4.78 is 6.68. The van der Waals surface area contributed by atoms with E-state index in [1.165, 1.54) is 37.7 Å². The van der Waals surface area contributed by atoms with Crippen molar-refractivity contribution >= 4 is 5.97 Å². The van der Waals surface area contributed by atoms with Gasteiger partial charge in [-0.25, -0.2) is 4.79 Å². The fraction of sp³-hybridized carbons (Fsp3) is 0.682. The quantitative estimate of drug-likeness (QED) is 0.558. The Hall–Kier alpha value is -1.35. The number of quaternary nitrogens is 1. The maximum atomic E-state index is 12.4. The van der Waals surface area contributed by atoms with Crippen LogP contribution >= 0.6 is 0 Å². The van der Waals surface area contributed by atoms with Crippen LogP contribution in [0.25, 0.3) is 0 Å². The third-order valence-electron chi connectivity index (χ3n) is 5.59. The second-order valence-corrected chi connectivity index (χ2v) is 9.30. The Labute approximate surface area is 154 Å². The first-order valence-electron chi connectivity index (χ1n) is 9.74. The monoisotopic (exact) mass is 346 g/mol. The van der Waals surface area contributed by atoms with Gasteiger partial charge < -0.3 is 9.22 Å². The summed E-state index contributed by atoms with van der Waals surface area (Å²) in [5, 5.41) is 0. The predicted octanol–water partition coefficient (Wildman–Crippen LogP) is 4.94. The molecular weight excluding hydrogens is 310 g/mol. The molecule has 1 atom stereocenters. The molecule has 0 heterocycles. The van der Waals surface area contributed by atoms with Crippen LogP contribution < -0.4 is 0 Å². The van der Waals surface area contributed by atoms with E-state index in [4.69, 9.17) is 4.74 Å². The number of likely N-dealkylation sites (N-methyl/N-ethyl adjacent to an activating group) is 1. The standard InChI is InChI=1S/C22H36NO2/c1-17(16-23(5,6)20-10-8-7-9-11-20)25-21(24)18-12-14-19(15-13-18)22(2,3)4/h12-15,17,20H,7-11,16H2,1-6H3/q+1. The van der Waals surface area contributed by atoms with E-state index in [1.54, 1.807) is 0 Å². The van der Waals surface area contributed by atoms with Crippen LogP contribution in [0.2, 0.25) is 0 Å². The molecule has 2 rings (SSSR count). The molecule has 1 aromatic carbocycles. The van der Waals surface area contributed by atoms with Crippen molar-refractivity contribution in [2.45, 2.75) is 77.4 Å². The molecule has 1 aromatic rings. The van der Waals surface area contributed by atoms with Crippen molar-refractivity contribution in [2.75, 3.05) is 20.6 Å². The highest BCUT2D eigenvalue weighted by Gasteiger charge is 2.32. The van der Waals surface area contributed by atoms with E-state index < -0.39 is 0 Å². The fourth-order valence-corrected chi connectivity index (χ4v) is 3.99. The molecule has 1 fully saturated rings. The third kappa shape index (κ3) is 5.57. The highest BCUT2D eigenvalue weighted by atomic mass is 16.5. The van der Waals surface area contributed by atoms with Crippen molar-refractivity contribution in [1.29, 1.82) is 0 Å². The molecule has 0 bridgehead atoms. The molecule has 140 valence electrons. The average molecular weight is 347 g/mol. The summed E-state index contributed by atoms with van der Waals surface area (Å²) in [5.74, 6) is -0.211. The van der Waals surface area contributed by atoms with E-state index in [2.05, 4.69) is 34.9 Å². The molecule has 1 aliphatic rings. The van der Waals surface area contributed by atoms with Gasteiger partial charge in [-0.3, -0.25) is 0 Å². The number of esters is 1. The van der Waals surface area contributed by atoms with E-state index in [1.807, 2.05) is 31.2 Å². The van der Waals surface area contributed by atoms with Gasteiger partial charge in [0, 0.05) is 0 Å². The largest absolute Gasteiger partial charge is 0.453 e. The topological polar surface area (TPSA) is 26.3 Å². The lowest BCUT2D eigenvalue weighted by Crippen LogP contribution is -2.53. The normalized spacial score (nSPS) is 18.0. The molecule has 25 heavy (non-hydrogen) atoms. The Kier molecular flexibility index (Phi) is 6.31. The first kappa shape index (κ1) is 20.0. The molecular formula is C22H36NO2+. The first-order chi connectivity index (χ1) is 11.6. The van der Waals surface area contributed by atoms with Crippen molar-refractivity contribution in [1.82, 2.24) is 0 Å². The average Bonchev–Trinajstić information content (AvgIpc) is 2.54. The summed E-state index contributed by atoms with van der Waals surface area (Å²) >= 11 is 0. The smallest absolute Gasteiger partial charge is 0.338 e. The Morgan fingerprint density at radius 3 is 2.20 bits per heavy atom. The van der Waals surface area contributed by atoms with Gasteiger partial charge in [0.15, 0.2) is 0 Å². The van der Waals surface area contributed by atoms with Gasteiger partial charge in [0.2, 0.25) is 0 Å². The molecule has 0 saturated heterocycles. The van der Waals surface area contributed by atoms with E-state index in [-0.39, 0.29) is 17.5 Å². The summed E-state index contributed by atoms with van der Waals surface area (Å²) in [6.07, 6.45) is 6.54. The second-order valence-electron chi connectivity index (χ2n) is 9.30. The molecule has 1 saturated carbocycles. The molecule has 0 radical (unpaired) electrons. The third-order valence-corrected chi connectivity index (χ3v) is 5.59. The zero-order valence-corrected chi connectivity index (χ0v) is 17.0. The maximum Gasteiger partial charge on any atom is 0.338 e. The van der Waals surface area contributed by atoms with Crippen molar-refractivity contribution in [3.63, 3.8) is 0 Å². The minimum absolute atomic E-state index is 0.0771. The van der Waals surface area contributed by atoms with Crippen LogP contribution in [0.15, 0.2) is 24.3 Å². The van der Waals surface area contributed by atoms with Gasteiger partial charge in [-0.2, -0.15) is 0 Å². The predicted molar refractivity (Wildman–Crippen MR) is 104 cm³/mol. The SMILES string of the molecule is CC(C[N+](C)(C)C1CCCCC1)OC(=O)c1ccc(C(C)(C)C)cc1. The number of carbonyl (C=O) groups excluding carboxylic acids is 1. The van der Waals surface area contributed by atoms with Gasteiger partial charge in [-0.15, -0.1) is 0 Å². The summed E-state index contributed by atoms with van der Waals surface area (Å²) in [5.41, 5.74) is 1.96. The Bertz CT molecular complexity index is 563. The summed E-state index contributed by atoms with van der Waals surface area (Å²) in [6.45, 7) is 9.41. The number of nitrogens with zero attached hydrogens (tertiary/aromatic N) is 1. The fourth-order valence-electron chi connectivity index (χ4n) is 3.99. The number of hydrogen-bond acceptors (Lipinski definition) is 2.